The highest BCUT2D eigenvalue weighted by Crippen LogP contribution is 2.34. The van der Waals surface area contributed by atoms with Gasteiger partial charge in [-0.3, -0.25) is 9.55 Å². The predicted octanol–water partition coefficient (Wildman–Crippen LogP) is 3.61. The number of hydrogen-bond acceptors (Lipinski definition) is 5. The molecule has 1 aromatic carbocycles. The summed E-state index contributed by atoms with van der Waals surface area (Å²) in [5.41, 5.74) is 1.72. The van der Waals surface area contributed by atoms with Gasteiger partial charge in [-0.25, -0.2) is 9.18 Å². The average Bonchev–Trinajstić information content (AvgIpc) is 3.06. The summed E-state index contributed by atoms with van der Waals surface area (Å²) in [6.45, 7) is 7.32. The molecule has 0 bridgehead atoms. The van der Waals surface area contributed by atoms with Gasteiger partial charge in [-0.2, -0.15) is 4.68 Å². The third kappa shape index (κ3) is 4.94. The second kappa shape index (κ2) is 10.2. The number of hydrogen-bond donors (Lipinski definition) is 1. The lowest BCUT2D eigenvalue weighted by Gasteiger charge is -2.16. The van der Waals surface area contributed by atoms with Crippen molar-refractivity contribution in [1.29, 1.82) is 0 Å². The van der Waals surface area contributed by atoms with Crippen LogP contribution in [-0.4, -0.2) is 30.5 Å². The molecule has 0 aliphatic carbocycles. The van der Waals surface area contributed by atoms with Crippen molar-refractivity contribution in [2.45, 2.75) is 47.0 Å². The first kappa shape index (κ1) is 24.5. The molecule has 1 atom stereocenters. The molecule has 0 saturated heterocycles. The summed E-state index contributed by atoms with van der Waals surface area (Å²) in [7, 11) is 2.59. The third-order valence-corrected chi connectivity index (χ3v) is 6.16. The molecule has 3 rings (SSSR count). The second-order valence-corrected chi connectivity index (χ2v) is 9.16. The maximum atomic E-state index is 15.5. The Kier molecular flexibility index (Phi) is 7.84. The SMILES string of the molecule is CCn1c(CO)nn(-c2cc(OC(C)C)c(/C(F)=C/c3c(P)ccnc3C)cc2I)c1=O. The molecule has 0 spiro atoms. The normalized spacial score (nSPS) is 12.0. The van der Waals surface area contributed by atoms with E-state index < -0.39 is 5.83 Å². The van der Waals surface area contributed by atoms with E-state index in [0.29, 0.717) is 32.8 Å². The first-order valence-corrected chi connectivity index (χ1v) is 11.7. The molecular formula is C22H25FIN4O3P. The molecule has 7 nitrogen and oxygen atoms in total. The molecule has 0 fully saturated rings. The van der Waals surface area contributed by atoms with Gasteiger partial charge in [-0.1, -0.05) is 0 Å². The molecule has 0 radical (unpaired) electrons. The maximum Gasteiger partial charge on any atom is 0.350 e. The molecule has 0 aliphatic heterocycles. The zero-order chi connectivity index (χ0) is 23.6. The molecule has 1 unspecified atom stereocenters. The molecule has 170 valence electrons. The largest absolute Gasteiger partial charge is 0.490 e. The Balaban J connectivity index is 2.20. The van der Waals surface area contributed by atoms with Crippen LogP contribution in [0.3, 0.4) is 0 Å². The fraction of sp³-hybridized carbons (Fsp3) is 0.318. The summed E-state index contributed by atoms with van der Waals surface area (Å²) in [6.07, 6.45) is 2.89. The number of rotatable bonds is 7. The van der Waals surface area contributed by atoms with Crippen molar-refractivity contribution < 1.29 is 14.2 Å². The smallest absolute Gasteiger partial charge is 0.350 e. The van der Waals surface area contributed by atoms with Crippen LogP contribution in [-0.2, 0) is 13.2 Å². The molecule has 2 aromatic heterocycles. The number of benzene rings is 1. The van der Waals surface area contributed by atoms with E-state index in [1.165, 1.54) is 15.3 Å². The van der Waals surface area contributed by atoms with E-state index in [9.17, 15) is 9.90 Å². The van der Waals surface area contributed by atoms with E-state index in [0.717, 1.165) is 5.30 Å². The van der Waals surface area contributed by atoms with Gasteiger partial charge >= 0.3 is 5.69 Å². The first-order valence-electron chi connectivity index (χ1n) is 10.1. The Hall–Kier alpha value is -2.10. The van der Waals surface area contributed by atoms with Crippen molar-refractivity contribution in [2.75, 3.05) is 0 Å². The van der Waals surface area contributed by atoms with E-state index in [1.54, 1.807) is 31.3 Å². The van der Waals surface area contributed by atoms with Crippen LogP contribution >= 0.6 is 31.8 Å². The molecule has 1 N–H and O–H groups in total. The summed E-state index contributed by atoms with van der Waals surface area (Å²) in [6, 6.07) is 5.03. The molecule has 10 heteroatoms. The Morgan fingerprint density at radius 1 is 1.41 bits per heavy atom. The lowest BCUT2D eigenvalue weighted by atomic mass is 10.1. The van der Waals surface area contributed by atoms with Crippen LogP contribution in [0.15, 0.2) is 29.2 Å². The zero-order valence-corrected chi connectivity index (χ0v) is 21.6. The van der Waals surface area contributed by atoms with Crippen molar-refractivity contribution in [3.63, 3.8) is 0 Å². The van der Waals surface area contributed by atoms with Gasteiger partial charge in [-0.15, -0.1) is 14.3 Å². The van der Waals surface area contributed by atoms with E-state index in [2.05, 4.69) is 19.3 Å². The maximum absolute atomic E-state index is 15.5. The van der Waals surface area contributed by atoms with E-state index in [-0.39, 0.29) is 29.8 Å². The number of ether oxygens (including phenoxy) is 1. The number of aryl methyl sites for hydroxylation is 1. The van der Waals surface area contributed by atoms with Gasteiger partial charge < -0.3 is 9.84 Å². The monoisotopic (exact) mass is 570 g/mol. The fourth-order valence-electron chi connectivity index (χ4n) is 3.26. The number of aromatic nitrogens is 4. The Labute approximate surface area is 201 Å². The van der Waals surface area contributed by atoms with Crippen LogP contribution in [0.25, 0.3) is 17.6 Å². The number of pyridine rings is 1. The molecule has 3 aromatic rings. The third-order valence-electron chi connectivity index (χ3n) is 4.79. The minimum atomic E-state index is -0.479. The first-order chi connectivity index (χ1) is 15.2. The van der Waals surface area contributed by atoms with Crippen LogP contribution in [0.4, 0.5) is 4.39 Å². The Morgan fingerprint density at radius 3 is 2.69 bits per heavy atom. The van der Waals surface area contributed by atoms with Crippen molar-refractivity contribution in [1.82, 2.24) is 19.3 Å². The summed E-state index contributed by atoms with van der Waals surface area (Å²) < 4.78 is 24.6. The van der Waals surface area contributed by atoms with Crippen molar-refractivity contribution in [2.24, 2.45) is 0 Å². The molecule has 32 heavy (non-hydrogen) atoms. The molecule has 0 amide bonds. The predicted molar refractivity (Wildman–Crippen MR) is 135 cm³/mol. The van der Waals surface area contributed by atoms with Gasteiger partial charge in [0.2, 0.25) is 0 Å². The van der Waals surface area contributed by atoms with Crippen LogP contribution in [0.1, 0.15) is 43.4 Å². The number of nitrogens with zero attached hydrogens (tertiary/aromatic N) is 4. The lowest BCUT2D eigenvalue weighted by Crippen LogP contribution is -2.24. The van der Waals surface area contributed by atoms with E-state index in [4.69, 9.17) is 4.74 Å². The minimum absolute atomic E-state index is 0.218. The van der Waals surface area contributed by atoms with Crippen LogP contribution in [0.5, 0.6) is 5.75 Å². The molecule has 2 heterocycles. The highest BCUT2D eigenvalue weighted by atomic mass is 127. The second-order valence-electron chi connectivity index (χ2n) is 7.37. The Bertz CT molecular complexity index is 1220. The quantitative estimate of drug-likeness (QED) is 0.347. The molecule has 0 aliphatic rings. The van der Waals surface area contributed by atoms with Gasteiger partial charge in [0.1, 0.15) is 18.2 Å². The number of halogens is 2. The van der Waals surface area contributed by atoms with Gasteiger partial charge in [-0.05, 0) is 73.8 Å². The standard InChI is InChI=1S/C22H25FIN4O3P/c1-5-27-21(11-29)26-28(22(27)30)18-10-19(31-12(2)3)15(9-17(18)24)16(23)8-14-13(4)25-7-6-20(14)32/h6-10,12,29H,5,11,32H2,1-4H3/b16-8-. The molecule has 0 saturated carbocycles. The van der Waals surface area contributed by atoms with Crippen molar-refractivity contribution in [3.05, 3.63) is 61.1 Å². The van der Waals surface area contributed by atoms with E-state index in [1.807, 2.05) is 43.4 Å². The molecular weight excluding hydrogens is 545 g/mol. The minimum Gasteiger partial charge on any atom is -0.490 e. The van der Waals surface area contributed by atoms with Crippen LogP contribution in [0, 0.1) is 10.5 Å². The summed E-state index contributed by atoms with van der Waals surface area (Å²) in [5.74, 6) is 0.0710. The van der Waals surface area contributed by atoms with E-state index >= 15 is 4.39 Å². The van der Waals surface area contributed by atoms with Gasteiger partial charge in [0.05, 0.1) is 17.4 Å². The lowest BCUT2D eigenvalue weighted by molar-refractivity contribution is 0.241. The van der Waals surface area contributed by atoms with Crippen molar-refractivity contribution in [3.8, 4) is 11.4 Å². The average molecular weight is 570 g/mol. The van der Waals surface area contributed by atoms with Gasteiger partial charge in [0, 0.05) is 33.6 Å². The van der Waals surface area contributed by atoms with Crippen LogP contribution in [0.2, 0.25) is 0 Å². The summed E-state index contributed by atoms with van der Waals surface area (Å²) in [4.78, 5) is 17.1. The topological polar surface area (TPSA) is 82.2 Å². The van der Waals surface area contributed by atoms with Crippen LogP contribution < -0.4 is 15.7 Å². The van der Waals surface area contributed by atoms with Crippen molar-refractivity contribution >= 4 is 49.0 Å². The fourth-order valence-corrected chi connectivity index (χ4v) is 4.34. The summed E-state index contributed by atoms with van der Waals surface area (Å²) >= 11 is 2.04. The Morgan fingerprint density at radius 2 is 2.12 bits per heavy atom. The highest BCUT2D eigenvalue weighted by molar-refractivity contribution is 14.1. The van der Waals surface area contributed by atoms with Gasteiger partial charge in [0.15, 0.2) is 5.82 Å². The van der Waals surface area contributed by atoms with Gasteiger partial charge in [0.25, 0.3) is 0 Å². The highest BCUT2D eigenvalue weighted by Gasteiger charge is 2.20. The zero-order valence-electron chi connectivity index (χ0n) is 18.3. The number of aliphatic hydroxyl groups is 1. The summed E-state index contributed by atoms with van der Waals surface area (Å²) in [5, 5.41) is 14.6. The number of aliphatic hydroxyl groups excluding tert-OH is 1.